The zero-order chi connectivity index (χ0) is 18.0. The van der Waals surface area contributed by atoms with Gasteiger partial charge in [0.25, 0.3) is 0 Å². The van der Waals surface area contributed by atoms with E-state index in [1.54, 1.807) is 36.1 Å². The van der Waals surface area contributed by atoms with Gasteiger partial charge >= 0.3 is 0 Å². The van der Waals surface area contributed by atoms with Crippen LogP contribution in [0.1, 0.15) is 13.3 Å². The third-order valence-corrected chi connectivity index (χ3v) is 4.22. The number of halogens is 2. The van der Waals surface area contributed by atoms with Crippen LogP contribution in [0, 0.1) is 5.82 Å². The molecular formula is C18H17ClFN3O2. The monoisotopic (exact) mass is 361 g/mol. The lowest BCUT2D eigenvalue weighted by Crippen LogP contribution is -2.42. The summed E-state index contributed by atoms with van der Waals surface area (Å²) in [6.07, 6.45) is 0.186. The van der Waals surface area contributed by atoms with E-state index in [4.69, 9.17) is 11.6 Å². The lowest BCUT2D eigenvalue weighted by atomic mass is 10.1. The molecule has 1 atom stereocenters. The SMILES string of the molecule is C[C@H]1CC(=O)Nc2ccccc2N1C(=O)CNc1cc(Cl)ccc1F. The van der Waals surface area contributed by atoms with Crippen LogP contribution in [0.15, 0.2) is 42.5 Å². The molecule has 0 aliphatic carbocycles. The minimum atomic E-state index is -0.488. The van der Waals surface area contributed by atoms with Gasteiger partial charge in [-0.2, -0.15) is 0 Å². The van der Waals surface area contributed by atoms with E-state index in [2.05, 4.69) is 10.6 Å². The van der Waals surface area contributed by atoms with Crippen LogP contribution in [0.2, 0.25) is 5.02 Å². The molecule has 0 aromatic heterocycles. The Hall–Kier alpha value is -2.60. The highest BCUT2D eigenvalue weighted by molar-refractivity contribution is 6.30. The van der Waals surface area contributed by atoms with Crippen molar-refractivity contribution in [3.05, 3.63) is 53.3 Å². The van der Waals surface area contributed by atoms with Gasteiger partial charge in [0.15, 0.2) is 0 Å². The van der Waals surface area contributed by atoms with Gasteiger partial charge in [-0.1, -0.05) is 23.7 Å². The number of nitrogens with one attached hydrogen (secondary N) is 2. The molecule has 2 aromatic carbocycles. The molecule has 5 nitrogen and oxygen atoms in total. The lowest BCUT2D eigenvalue weighted by Gasteiger charge is -2.28. The molecule has 1 aliphatic heterocycles. The summed E-state index contributed by atoms with van der Waals surface area (Å²) in [4.78, 5) is 26.3. The molecule has 0 spiro atoms. The van der Waals surface area contributed by atoms with Gasteiger partial charge in [-0.3, -0.25) is 9.59 Å². The van der Waals surface area contributed by atoms with E-state index in [0.29, 0.717) is 16.4 Å². The Morgan fingerprint density at radius 3 is 2.92 bits per heavy atom. The summed E-state index contributed by atoms with van der Waals surface area (Å²) in [7, 11) is 0. The van der Waals surface area contributed by atoms with Gasteiger partial charge < -0.3 is 15.5 Å². The summed E-state index contributed by atoms with van der Waals surface area (Å²) in [6, 6.07) is 10.9. The highest BCUT2D eigenvalue weighted by Crippen LogP contribution is 2.31. The van der Waals surface area contributed by atoms with Crippen LogP contribution < -0.4 is 15.5 Å². The average Bonchev–Trinajstić information content (AvgIpc) is 2.69. The van der Waals surface area contributed by atoms with Gasteiger partial charge in [0.1, 0.15) is 5.82 Å². The smallest absolute Gasteiger partial charge is 0.246 e. The molecular weight excluding hydrogens is 345 g/mol. The van der Waals surface area contributed by atoms with Crippen LogP contribution >= 0.6 is 11.6 Å². The maximum absolute atomic E-state index is 13.8. The van der Waals surface area contributed by atoms with Gasteiger partial charge in [0.05, 0.1) is 23.6 Å². The summed E-state index contributed by atoms with van der Waals surface area (Å²) in [6.45, 7) is 1.68. The van der Waals surface area contributed by atoms with E-state index in [0.717, 1.165) is 0 Å². The number of anilines is 3. The molecule has 1 aliphatic rings. The summed E-state index contributed by atoms with van der Waals surface area (Å²) in [5.41, 5.74) is 1.36. The summed E-state index contributed by atoms with van der Waals surface area (Å²) < 4.78 is 13.8. The Labute approximate surface area is 149 Å². The second kappa shape index (κ2) is 7.11. The summed E-state index contributed by atoms with van der Waals surface area (Å²) in [5.74, 6) is -0.904. The lowest BCUT2D eigenvalue weighted by molar-refractivity contribution is -0.118. The molecule has 7 heteroatoms. The predicted octanol–water partition coefficient (Wildman–Crippen LogP) is 3.65. The number of rotatable bonds is 3. The first-order chi connectivity index (χ1) is 12.0. The first-order valence-electron chi connectivity index (χ1n) is 7.85. The molecule has 0 saturated carbocycles. The number of carbonyl (C=O) groups excluding carboxylic acids is 2. The third-order valence-electron chi connectivity index (χ3n) is 3.99. The fraction of sp³-hybridized carbons (Fsp3) is 0.222. The number of hydrogen-bond acceptors (Lipinski definition) is 3. The molecule has 2 aromatic rings. The van der Waals surface area contributed by atoms with Gasteiger partial charge in [-0.15, -0.1) is 0 Å². The van der Waals surface area contributed by atoms with E-state index in [1.165, 1.54) is 18.2 Å². The molecule has 0 bridgehead atoms. The van der Waals surface area contributed by atoms with E-state index in [-0.39, 0.29) is 36.5 Å². The molecule has 2 N–H and O–H groups in total. The minimum absolute atomic E-state index is 0.121. The molecule has 0 unspecified atom stereocenters. The largest absolute Gasteiger partial charge is 0.374 e. The summed E-state index contributed by atoms with van der Waals surface area (Å²) in [5, 5.41) is 5.95. The normalized spacial score (nSPS) is 16.7. The van der Waals surface area contributed by atoms with Crippen molar-refractivity contribution in [2.75, 3.05) is 22.1 Å². The maximum atomic E-state index is 13.8. The predicted molar refractivity (Wildman–Crippen MR) is 96.5 cm³/mol. The van der Waals surface area contributed by atoms with Crippen molar-refractivity contribution in [3.63, 3.8) is 0 Å². The molecule has 0 fully saturated rings. The number of benzene rings is 2. The number of para-hydroxylation sites is 2. The van der Waals surface area contributed by atoms with Crippen LogP contribution in [-0.4, -0.2) is 24.4 Å². The molecule has 25 heavy (non-hydrogen) atoms. The van der Waals surface area contributed by atoms with Gasteiger partial charge in [-0.25, -0.2) is 4.39 Å². The van der Waals surface area contributed by atoms with Crippen LogP contribution in [0.3, 0.4) is 0 Å². The van der Waals surface area contributed by atoms with Crippen LogP contribution in [0.5, 0.6) is 0 Å². The molecule has 0 radical (unpaired) electrons. The number of amides is 2. The van der Waals surface area contributed by atoms with Crippen LogP contribution in [-0.2, 0) is 9.59 Å². The Morgan fingerprint density at radius 2 is 2.12 bits per heavy atom. The van der Waals surface area contributed by atoms with Crippen molar-refractivity contribution in [2.24, 2.45) is 0 Å². The molecule has 2 amide bonds. The van der Waals surface area contributed by atoms with E-state index in [1.807, 2.05) is 0 Å². The van der Waals surface area contributed by atoms with Crippen molar-refractivity contribution in [2.45, 2.75) is 19.4 Å². The molecule has 1 heterocycles. The molecule has 0 saturated heterocycles. The van der Waals surface area contributed by atoms with Crippen molar-refractivity contribution in [1.82, 2.24) is 0 Å². The van der Waals surface area contributed by atoms with Gasteiger partial charge in [-0.05, 0) is 37.3 Å². The van der Waals surface area contributed by atoms with Gasteiger partial charge in [0.2, 0.25) is 11.8 Å². The fourth-order valence-corrected chi connectivity index (χ4v) is 3.03. The second-order valence-electron chi connectivity index (χ2n) is 5.86. The number of hydrogen-bond donors (Lipinski definition) is 2. The zero-order valence-corrected chi connectivity index (χ0v) is 14.3. The first-order valence-corrected chi connectivity index (χ1v) is 8.23. The van der Waals surface area contributed by atoms with E-state index in [9.17, 15) is 14.0 Å². The quantitative estimate of drug-likeness (QED) is 0.877. The Balaban J connectivity index is 1.83. The van der Waals surface area contributed by atoms with Gasteiger partial charge in [0, 0.05) is 17.5 Å². The minimum Gasteiger partial charge on any atom is -0.374 e. The van der Waals surface area contributed by atoms with Crippen LogP contribution in [0.4, 0.5) is 21.5 Å². The highest BCUT2D eigenvalue weighted by atomic mass is 35.5. The number of carbonyl (C=O) groups is 2. The average molecular weight is 362 g/mol. The maximum Gasteiger partial charge on any atom is 0.246 e. The van der Waals surface area contributed by atoms with E-state index >= 15 is 0 Å². The van der Waals surface area contributed by atoms with Crippen molar-refractivity contribution in [3.8, 4) is 0 Å². The van der Waals surface area contributed by atoms with Crippen molar-refractivity contribution < 1.29 is 14.0 Å². The molecule has 130 valence electrons. The number of fused-ring (bicyclic) bond motifs is 1. The number of nitrogens with zero attached hydrogens (tertiary/aromatic N) is 1. The first kappa shape index (κ1) is 17.2. The second-order valence-corrected chi connectivity index (χ2v) is 6.30. The van der Waals surface area contributed by atoms with Crippen molar-refractivity contribution >= 4 is 40.5 Å². The fourth-order valence-electron chi connectivity index (χ4n) is 2.86. The summed E-state index contributed by atoms with van der Waals surface area (Å²) >= 11 is 5.86. The highest BCUT2D eigenvalue weighted by Gasteiger charge is 2.29. The Kier molecular flexibility index (Phi) is 4.90. The zero-order valence-electron chi connectivity index (χ0n) is 13.6. The Morgan fingerprint density at radius 1 is 1.36 bits per heavy atom. The molecule has 3 rings (SSSR count). The topological polar surface area (TPSA) is 61.4 Å². The third kappa shape index (κ3) is 3.74. The van der Waals surface area contributed by atoms with Crippen LogP contribution in [0.25, 0.3) is 0 Å². The van der Waals surface area contributed by atoms with E-state index < -0.39 is 5.82 Å². The Bertz CT molecular complexity index is 828. The van der Waals surface area contributed by atoms with Crippen molar-refractivity contribution in [1.29, 1.82) is 0 Å². The standard InChI is InChI=1S/C18H17ClFN3O2/c1-11-8-17(24)22-14-4-2-3-5-16(14)23(11)18(25)10-21-15-9-12(19)6-7-13(15)20/h2-7,9,11,21H,8,10H2,1H3,(H,22,24)/t11-/m0/s1.